The normalized spacial score (nSPS) is 28.6. The Balaban J connectivity index is 2.38. The Labute approximate surface area is 99.8 Å². The Morgan fingerprint density at radius 3 is 3.19 bits per heavy atom. The summed E-state index contributed by atoms with van der Waals surface area (Å²) in [7, 11) is 0. The number of fused-ring (bicyclic) bond motifs is 1. The molecule has 0 amide bonds. The quantitative estimate of drug-likeness (QED) is 0.803. The molecule has 0 spiro atoms. The molecule has 3 nitrogen and oxygen atoms in total. The molecule has 1 aromatic rings. The van der Waals surface area contributed by atoms with E-state index in [0.29, 0.717) is 12.6 Å². The van der Waals surface area contributed by atoms with Gasteiger partial charge in [0.15, 0.2) is 0 Å². The summed E-state index contributed by atoms with van der Waals surface area (Å²) in [4.78, 5) is 13.1. The topological polar surface area (TPSA) is 38.3 Å². The van der Waals surface area contributed by atoms with Crippen LogP contribution in [0.3, 0.4) is 0 Å². The fraction of sp³-hybridized carbons (Fsp3) is 0.583. The van der Waals surface area contributed by atoms with E-state index in [0.717, 1.165) is 11.3 Å². The van der Waals surface area contributed by atoms with Crippen LogP contribution in [0.1, 0.15) is 31.2 Å². The average Bonchev–Trinajstić information content (AvgIpc) is 2.66. The molecule has 0 bridgehead atoms. The van der Waals surface area contributed by atoms with E-state index in [-0.39, 0.29) is 5.97 Å². The highest BCUT2D eigenvalue weighted by Gasteiger charge is 2.43. The van der Waals surface area contributed by atoms with Crippen molar-refractivity contribution in [2.75, 3.05) is 6.61 Å². The third kappa shape index (κ3) is 1.76. The lowest BCUT2D eigenvalue weighted by Crippen LogP contribution is -2.54. The fourth-order valence-corrected chi connectivity index (χ4v) is 3.35. The van der Waals surface area contributed by atoms with E-state index < -0.39 is 5.54 Å². The monoisotopic (exact) mass is 239 g/mol. The van der Waals surface area contributed by atoms with Crippen LogP contribution in [0.15, 0.2) is 11.4 Å². The first-order valence-electron chi connectivity index (χ1n) is 5.59. The van der Waals surface area contributed by atoms with Crippen LogP contribution in [0, 0.1) is 0 Å². The van der Waals surface area contributed by atoms with Crippen molar-refractivity contribution < 1.29 is 9.53 Å². The lowest BCUT2D eigenvalue weighted by Gasteiger charge is -2.36. The molecule has 0 aromatic carbocycles. The van der Waals surface area contributed by atoms with Crippen molar-refractivity contribution in [3.8, 4) is 0 Å². The van der Waals surface area contributed by atoms with Crippen LogP contribution >= 0.6 is 11.3 Å². The number of ether oxygens (including phenoxy) is 1. The second-order valence-corrected chi connectivity index (χ2v) is 5.29. The number of hydrogen-bond acceptors (Lipinski definition) is 4. The standard InChI is InChI=1S/C12H17NO2S/c1-4-15-11(14)12(3)10-9(5-6-16-10)7-8(2)13-12/h5-6,8,13H,4,7H2,1-3H3. The zero-order chi connectivity index (χ0) is 11.8. The van der Waals surface area contributed by atoms with Gasteiger partial charge in [-0.05, 0) is 44.2 Å². The van der Waals surface area contributed by atoms with Crippen molar-refractivity contribution in [1.29, 1.82) is 0 Å². The molecule has 1 aromatic heterocycles. The highest BCUT2D eigenvalue weighted by Crippen LogP contribution is 2.35. The van der Waals surface area contributed by atoms with Crippen LogP contribution in [0.2, 0.25) is 0 Å². The Kier molecular flexibility index (Phi) is 3.04. The summed E-state index contributed by atoms with van der Waals surface area (Å²) in [5.41, 5.74) is 0.601. The lowest BCUT2D eigenvalue weighted by atomic mass is 9.88. The number of carbonyl (C=O) groups excluding carboxylic acids is 1. The minimum atomic E-state index is -0.669. The van der Waals surface area contributed by atoms with Crippen LogP contribution in [0.5, 0.6) is 0 Å². The molecule has 2 rings (SSSR count). The zero-order valence-electron chi connectivity index (χ0n) is 9.87. The van der Waals surface area contributed by atoms with Gasteiger partial charge in [-0.2, -0.15) is 0 Å². The van der Waals surface area contributed by atoms with Crippen LogP contribution in [0.25, 0.3) is 0 Å². The summed E-state index contributed by atoms with van der Waals surface area (Å²) in [6, 6.07) is 2.41. The molecule has 0 aliphatic carbocycles. The number of nitrogens with one attached hydrogen (secondary N) is 1. The van der Waals surface area contributed by atoms with Crippen molar-refractivity contribution in [3.05, 3.63) is 21.9 Å². The molecule has 2 unspecified atom stereocenters. The van der Waals surface area contributed by atoms with Crippen molar-refractivity contribution in [2.24, 2.45) is 0 Å². The molecule has 1 aliphatic heterocycles. The van der Waals surface area contributed by atoms with Crippen LogP contribution in [0.4, 0.5) is 0 Å². The number of carbonyl (C=O) groups is 1. The van der Waals surface area contributed by atoms with Crippen LogP contribution < -0.4 is 5.32 Å². The Morgan fingerprint density at radius 1 is 1.75 bits per heavy atom. The largest absolute Gasteiger partial charge is 0.464 e. The summed E-state index contributed by atoms with van der Waals surface area (Å²) in [5, 5.41) is 5.40. The molecule has 88 valence electrons. The van der Waals surface area contributed by atoms with Gasteiger partial charge >= 0.3 is 5.97 Å². The second kappa shape index (κ2) is 4.18. The Bertz CT molecular complexity index is 401. The van der Waals surface area contributed by atoms with Gasteiger partial charge in [0.25, 0.3) is 0 Å². The minimum absolute atomic E-state index is 0.176. The number of thiophene rings is 1. The first kappa shape index (κ1) is 11.6. The highest BCUT2D eigenvalue weighted by atomic mass is 32.1. The zero-order valence-corrected chi connectivity index (χ0v) is 10.7. The molecule has 2 heterocycles. The van der Waals surface area contributed by atoms with Gasteiger partial charge in [-0.3, -0.25) is 5.32 Å². The maximum atomic E-state index is 12.0. The maximum Gasteiger partial charge on any atom is 0.331 e. The molecule has 1 aliphatic rings. The second-order valence-electron chi connectivity index (χ2n) is 4.37. The van der Waals surface area contributed by atoms with E-state index in [1.54, 1.807) is 11.3 Å². The smallest absolute Gasteiger partial charge is 0.331 e. The van der Waals surface area contributed by atoms with Gasteiger partial charge in [-0.15, -0.1) is 11.3 Å². The van der Waals surface area contributed by atoms with Gasteiger partial charge < -0.3 is 4.74 Å². The minimum Gasteiger partial charge on any atom is -0.464 e. The summed E-state index contributed by atoms with van der Waals surface area (Å²) in [5.74, 6) is -0.176. The van der Waals surface area contributed by atoms with Crippen LogP contribution in [-0.2, 0) is 21.5 Å². The lowest BCUT2D eigenvalue weighted by molar-refractivity contribution is -0.151. The van der Waals surface area contributed by atoms with Crippen molar-refractivity contribution >= 4 is 17.3 Å². The average molecular weight is 239 g/mol. The van der Waals surface area contributed by atoms with E-state index in [2.05, 4.69) is 18.3 Å². The van der Waals surface area contributed by atoms with Crippen molar-refractivity contribution in [3.63, 3.8) is 0 Å². The molecular formula is C12H17NO2S. The number of rotatable bonds is 2. The Hall–Kier alpha value is -0.870. The van der Waals surface area contributed by atoms with Gasteiger partial charge in [-0.25, -0.2) is 4.79 Å². The van der Waals surface area contributed by atoms with E-state index in [1.165, 1.54) is 5.56 Å². The van der Waals surface area contributed by atoms with E-state index >= 15 is 0 Å². The van der Waals surface area contributed by atoms with Gasteiger partial charge in [0, 0.05) is 10.9 Å². The van der Waals surface area contributed by atoms with E-state index in [9.17, 15) is 4.79 Å². The summed E-state index contributed by atoms with van der Waals surface area (Å²) >= 11 is 1.63. The van der Waals surface area contributed by atoms with Gasteiger partial charge in [0.1, 0.15) is 5.54 Å². The van der Waals surface area contributed by atoms with Crippen molar-refractivity contribution in [2.45, 2.75) is 38.8 Å². The van der Waals surface area contributed by atoms with Gasteiger partial charge in [-0.1, -0.05) is 0 Å². The number of hydrogen-bond donors (Lipinski definition) is 1. The number of esters is 1. The molecule has 0 saturated carbocycles. The van der Waals surface area contributed by atoms with E-state index in [4.69, 9.17) is 4.74 Å². The molecule has 2 atom stereocenters. The summed E-state index contributed by atoms with van der Waals surface area (Å²) in [6.07, 6.45) is 0.980. The predicted octanol–water partition coefficient (Wildman–Crippen LogP) is 2.06. The maximum absolute atomic E-state index is 12.0. The molecule has 0 fully saturated rings. The SMILES string of the molecule is CCOC(=O)C1(C)NC(C)Cc2ccsc21. The van der Waals surface area contributed by atoms with Crippen molar-refractivity contribution in [1.82, 2.24) is 5.32 Å². The van der Waals surface area contributed by atoms with Gasteiger partial charge in [0.05, 0.1) is 6.61 Å². The van der Waals surface area contributed by atoms with Gasteiger partial charge in [0.2, 0.25) is 0 Å². The molecule has 1 N–H and O–H groups in total. The first-order valence-corrected chi connectivity index (χ1v) is 6.47. The first-order chi connectivity index (χ1) is 7.58. The summed E-state index contributed by atoms with van der Waals surface area (Å²) in [6.45, 7) is 6.27. The highest BCUT2D eigenvalue weighted by molar-refractivity contribution is 7.10. The Morgan fingerprint density at radius 2 is 2.50 bits per heavy atom. The molecule has 0 saturated heterocycles. The predicted molar refractivity (Wildman–Crippen MR) is 64.6 cm³/mol. The van der Waals surface area contributed by atoms with E-state index in [1.807, 2.05) is 19.2 Å². The van der Waals surface area contributed by atoms with Crippen LogP contribution in [-0.4, -0.2) is 18.6 Å². The summed E-state index contributed by atoms with van der Waals surface area (Å²) < 4.78 is 5.16. The molecule has 0 radical (unpaired) electrons. The third-order valence-corrected chi connectivity index (χ3v) is 4.12. The third-order valence-electron chi connectivity index (χ3n) is 2.95. The molecule has 4 heteroatoms. The molecular weight excluding hydrogens is 222 g/mol. The fourth-order valence-electron chi connectivity index (χ4n) is 2.30. The molecule has 16 heavy (non-hydrogen) atoms.